The Morgan fingerprint density at radius 3 is 2.55 bits per heavy atom. The minimum absolute atomic E-state index is 0.0825. The Labute approximate surface area is 123 Å². The molecule has 0 fully saturated rings. The molecule has 0 unspecified atom stereocenters. The summed E-state index contributed by atoms with van der Waals surface area (Å²) < 4.78 is 26.8. The van der Waals surface area contributed by atoms with Crippen LogP contribution in [0.2, 0.25) is 5.02 Å². The summed E-state index contributed by atoms with van der Waals surface area (Å²) in [4.78, 5) is 4.12. The van der Waals surface area contributed by atoms with Crippen LogP contribution in [0.5, 0.6) is 0 Å². The zero-order valence-electron chi connectivity index (χ0n) is 10.8. The van der Waals surface area contributed by atoms with Gasteiger partial charge in [-0.2, -0.15) is 0 Å². The maximum Gasteiger partial charge on any atom is 0.263 e. The fraction of sp³-hybridized carbons (Fsp3) is 0.154. The standard InChI is InChI=1S/C13H14ClN3O2S/c1-2-15-13-8-7-10(9-16-13)20(18,19)17-12-6-4-3-5-11(12)14/h3-9,17H,2H2,1H3,(H,15,16). The smallest absolute Gasteiger partial charge is 0.263 e. The zero-order chi connectivity index (χ0) is 14.6. The predicted octanol–water partition coefficient (Wildman–Crippen LogP) is 2.97. The van der Waals surface area contributed by atoms with E-state index in [0.29, 0.717) is 16.5 Å². The van der Waals surface area contributed by atoms with Gasteiger partial charge in [-0.15, -0.1) is 0 Å². The lowest BCUT2D eigenvalue weighted by molar-refractivity contribution is 0.601. The Hall–Kier alpha value is -1.79. The minimum atomic E-state index is -3.69. The van der Waals surface area contributed by atoms with Gasteiger partial charge in [-0.25, -0.2) is 13.4 Å². The number of para-hydroxylation sites is 1. The molecule has 0 amide bonds. The van der Waals surface area contributed by atoms with Gasteiger partial charge >= 0.3 is 0 Å². The molecule has 1 heterocycles. The summed E-state index contributed by atoms with van der Waals surface area (Å²) in [6, 6.07) is 9.75. The van der Waals surface area contributed by atoms with Crippen LogP contribution in [0.25, 0.3) is 0 Å². The highest BCUT2D eigenvalue weighted by Gasteiger charge is 2.15. The number of benzene rings is 1. The lowest BCUT2D eigenvalue weighted by atomic mass is 10.3. The Morgan fingerprint density at radius 2 is 1.95 bits per heavy atom. The lowest BCUT2D eigenvalue weighted by Gasteiger charge is -2.09. The number of rotatable bonds is 5. The first-order valence-corrected chi connectivity index (χ1v) is 7.86. The molecule has 2 rings (SSSR count). The molecule has 7 heteroatoms. The molecule has 0 aliphatic rings. The van der Waals surface area contributed by atoms with Crippen molar-refractivity contribution in [2.24, 2.45) is 0 Å². The number of nitrogens with zero attached hydrogens (tertiary/aromatic N) is 1. The highest BCUT2D eigenvalue weighted by molar-refractivity contribution is 7.92. The van der Waals surface area contributed by atoms with Gasteiger partial charge < -0.3 is 5.32 Å². The third-order valence-corrected chi connectivity index (χ3v) is 4.20. The van der Waals surface area contributed by atoms with Crippen molar-refractivity contribution < 1.29 is 8.42 Å². The Kier molecular flexibility index (Phi) is 4.46. The molecule has 0 saturated carbocycles. The van der Waals surface area contributed by atoms with Gasteiger partial charge in [-0.1, -0.05) is 23.7 Å². The topological polar surface area (TPSA) is 71.1 Å². The van der Waals surface area contributed by atoms with Gasteiger partial charge in [0.25, 0.3) is 10.0 Å². The number of pyridine rings is 1. The molecule has 0 atom stereocenters. The second-order valence-corrected chi connectivity index (χ2v) is 6.08. The van der Waals surface area contributed by atoms with Crippen LogP contribution < -0.4 is 10.0 Å². The van der Waals surface area contributed by atoms with E-state index in [1.54, 1.807) is 30.3 Å². The van der Waals surface area contributed by atoms with E-state index < -0.39 is 10.0 Å². The van der Waals surface area contributed by atoms with E-state index >= 15 is 0 Å². The molecule has 5 nitrogen and oxygen atoms in total. The second kappa shape index (κ2) is 6.11. The van der Waals surface area contributed by atoms with Crippen LogP contribution in [0.4, 0.5) is 11.5 Å². The molecule has 106 valence electrons. The van der Waals surface area contributed by atoms with Crippen LogP contribution in [0.15, 0.2) is 47.5 Å². The first-order valence-electron chi connectivity index (χ1n) is 6.00. The Morgan fingerprint density at radius 1 is 1.20 bits per heavy atom. The van der Waals surface area contributed by atoms with Crippen LogP contribution >= 0.6 is 11.6 Å². The fourth-order valence-electron chi connectivity index (χ4n) is 1.57. The maximum absolute atomic E-state index is 12.2. The molecule has 20 heavy (non-hydrogen) atoms. The van der Waals surface area contributed by atoms with Crippen molar-refractivity contribution in [2.45, 2.75) is 11.8 Å². The van der Waals surface area contributed by atoms with Crippen LogP contribution in [0.3, 0.4) is 0 Å². The van der Waals surface area contributed by atoms with Crippen molar-refractivity contribution in [1.29, 1.82) is 0 Å². The number of nitrogens with one attached hydrogen (secondary N) is 2. The number of aromatic nitrogens is 1. The van der Waals surface area contributed by atoms with Crippen LogP contribution in [-0.4, -0.2) is 19.9 Å². The highest BCUT2D eigenvalue weighted by Crippen LogP contribution is 2.23. The Balaban J connectivity index is 2.24. The molecular formula is C13H14ClN3O2S. The van der Waals surface area contributed by atoms with E-state index in [1.807, 2.05) is 6.92 Å². The van der Waals surface area contributed by atoms with E-state index in [4.69, 9.17) is 11.6 Å². The van der Waals surface area contributed by atoms with E-state index in [1.165, 1.54) is 12.3 Å². The molecule has 1 aromatic heterocycles. The Bertz CT molecular complexity index is 687. The quantitative estimate of drug-likeness (QED) is 0.890. The van der Waals surface area contributed by atoms with E-state index in [0.717, 1.165) is 6.54 Å². The normalized spacial score (nSPS) is 11.1. The van der Waals surface area contributed by atoms with Gasteiger partial charge in [0.2, 0.25) is 0 Å². The molecule has 0 aliphatic heterocycles. The molecule has 2 N–H and O–H groups in total. The molecule has 2 aromatic rings. The molecular weight excluding hydrogens is 298 g/mol. The van der Waals surface area contributed by atoms with Crippen molar-refractivity contribution >= 4 is 33.1 Å². The maximum atomic E-state index is 12.2. The summed E-state index contributed by atoms with van der Waals surface area (Å²) in [6.45, 7) is 2.66. The molecule has 0 radical (unpaired) electrons. The van der Waals surface area contributed by atoms with Crippen LogP contribution in [0, 0.1) is 0 Å². The van der Waals surface area contributed by atoms with Crippen molar-refractivity contribution in [2.75, 3.05) is 16.6 Å². The average Bonchev–Trinajstić information content (AvgIpc) is 2.42. The van der Waals surface area contributed by atoms with Gasteiger partial charge in [0, 0.05) is 12.7 Å². The number of sulfonamides is 1. The van der Waals surface area contributed by atoms with Gasteiger partial charge in [-0.3, -0.25) is 4.72 Å². The lowest BCUT2D eigenvalue weighted by Crippen LogP contribution is -2.13. The second-order valence-electron chi connectivity index (χ2n) is 3.99. The summed E-state index contributed by atoms with van der Waals surface area (Å²) in [5.74, 6) is 0.629. The summed E-state index contributed by atoms with van der Waals surface area (Å²) in [5, 5.41) is 3.34. The van der Waals surface area contributed by atoms with Crippen LogP contribution in [0.1, 0.15) is 6.92 Å². The number of halogens is 1. The first-order chi connectivity index (χ1) is 9.53. The van der Waals surface area contributed by atoms with E-state index in [9.17, 15) is 8.42 Å². The monoisotopic (exact) mass is 311 g/mol. The predicted molar refractivity (Wildman–Crippen MR) is 80.7 cm³/mol. The van der Waals surface area contributed by atoms with Crippen LogP contribution in [-0.2, 0) is 10.0 Å². The zero-order valence-corrected chi connectivity index (χ0v) is 12.4. The summed E-state index contributed by atoms with van der Waals surface area (Å²) >= 11 is 5.93. The van der Waals surface area contributed by atoms with Gasteiger partial charge in [0.05, 0.1) is 10.7 Å². The highest BCUT2D eigenvalue weighted by atomic mass is 35.5. The van der Waals surface area contributed by atoms with Crippen molar-refractivity contribution in [1.82, 2.24) is 4.98 Å². The minimum Gasteiger partial charge on any atom is -0.370 e. The molecule has 0 saturated heterocycles. The molecule has 0 aliphatic carbocycles. The third-order valence-electron chi connectivity index (χ3n) is 2.52. The first kappa shape index (κ1) is 14.6. The van der Waals surface area contributed by atoms with Crippen molar-refractivity contribution in [3.63, 3.8) is 0 Å². The largest absolute Gasteiger partial charge is 0.370 e. The average molecular weight is 312 g/mol. The van der Waals surface area contributed by atoms with Crippen molar-refractivity contribution in [3.8, 4) is 0 Å². The van der Waals surface area contributed by atoms with Gasteiger partial charge in [-0.05, 0) is 31.2 Å². The van der Waals surface area contributed by atoms with Gasteiger partial charge in [0.15, 0.2) is 0 Å². The van der Waals surface area contributed by atoms with E-state index in [-0.39, 0.29) is 4.90 Å². The third kappa shape index (κ3) is 3.40. The van der Waals surface area contributed by atoms with E-state index in [2.05, 4.69) is 15.0 Å². The summed E-state index contributed by atoms with van der Waals surface area (Å²) in [6.07, 6.45) is 1.30. The SMILES string of the molecule is CCNc1ccc(S(=O)(=O)Nc2ccccc2Cl)cn1. The summed E-state index contributed by atoms with van der Waals surface area (Å²) in [5.41, 5.74) is 0.338. The molecule has 0 bridgehead atoms. The van der Waals surface area contributed by atoms with Gasteiger partial charge in [0.1, 0.15) is 10.7 Å². The number of hydrogen-bond acceptors (Lipinski definition) is 4. The molecule has 1 aromatic carbocycles. The molecule has 0 spiro atoms. The summed E-state index contributed by atoms with van der Waals surface area (Å²) in [7, 11) is -3.69. The fourth-order valence-corrected chi connectivity index (χ4v) is 2.84. The number of anilines is 2. The van der Waals surface area contributed by atoms with Crippen molar-refractivity contribution in [3.05, 3.63) is 47.6 Å². The number of hydrogen-bond donors (Lipinski definition) is 2.